The lowest BCUT2D eigenvalue weighted by Crippen LogP contribution is -2.05. The molecule has 4 aromatic carbocycles. The number of esters is 2. The molecule has 6 heteroatoms. The van der Waals surface area contributed by atoms with Crippen molar-refractivity contribution < 1.29 is 29.3 Å². The Morgan fingerprint density at radius 1 is 0.595 bits per heavy atom. The van der Waals surface area contributed by atoms with Crippen molar-refractivity contribution in [2.75, 3.05) is 0 Å². The van der Waals surface area contributed by atoms with Crippen LogP contribution in [0.15, 0.2) is 103 Å². The van der Waals surface area contributed by atoms with Crippen molar-refractivity contribution in [3.05, 3.63) is 131 Å². The average molecular weight is 499 g/mol. The third kappa shape index (κ3) is 8.25. The zero-order valence-electron chi connectivity index (χ0n) is 20.8. The molecule has 0 atom stereocenters. The lowest BCUT2D eigenvalue weighted by Gasteiger charge is -2.08. The molecule has 37 heavy (non-hydrogen) atoms. The SMILES string of the molecule is CC(C)c1ccc(COC(=O)c2ccccc2O)cc1.O=C(OCc1ccccc1)c1ccccc1O. The van der Waals surface area contributed by atoms with Gasteiger partial charge in [0.15, 0.2) is 0 Å². The van der Waals surface area contributed by atoms with Gasteiger partial charge in [0.25, 0.3) is 0 Å². The lowest BCUT2D eigenvalue weighted by molar-refractivity contribution is 0.0460. The standard InChI is InChI=1S/C17H18O3.C14H12O3/c1-12(2)14-9-7-13(8-10-14)11-20-17(19)15-5-3-4-6-16(15)18;15-13-9-5-4-8-12(13)14(16)17-10-11-6-2-1-3-7-11/h3-10,12,18H,11H2,1-2H3;1-9,15H,10H2. The first-order valence-corrected chi connectivity index (χ1v) is 11.9. The average Bonchev–Trinajstić information content (AvgIpc) is 2.92. The Bertz CT molecular complexity index is 1300. The van der Waals surface area contributed by atoms with Gasteiger partial charge in [0.2, 0.25) is 0 Å². The highest BCUT2D eigenvalue weighted by atomic mass is 16.5. The van der Waals surface area contributed by atoms with Crippen LogP contribution in [0.3, 0.4) is 0 Å². The van der Waals surface area contributed by atoms with Crippen LogP contribution in [-0.2, 0) is 22.7 Å². The highest BCUT2D eigenvalue weighted by Crippen LogP contribution is 2.19. The van der Waals surface area contributed by atoms with Crippen LogP contribution in [-0.4, -0.2) is 22.2 Å². The van der Waals surface area contributed by atoms with Crippen molar-refractivity contribution in [1.82, 2.24) is 0 Å². The van der Waals surface area contributed by atoms with Crippen molar-refractivity contribution in [1.29, 1.82) is 0 Å². The van der Waals surface area contributed by atoms with Crippen molar-refractivity contribution in [3.8, 4) is 11.5 Å². The molecular formula is C31H30O6. The van der Waals surface area contributed by atoms with Crippen LogP contribution in [0.1, 0.15) is 57.2 Å². The molecule has 0 spiro atoms. The third-order valence-electron chi connectivity index (χ3n) is 5.48. The minimum absolute atomic E-state index is 0.0624. The highest BCUT2D eigenvalue weighted by molar-refractivity contribution is 5.92. The van der Waals surface area contributed by atoms with Crippen LogP contribution in [0.4, 0.5) is 0 Å². The third-order valence-corrected chi connectivity index (χ3v) is 5.48. The fourth-order valence-corrected chi connectivity index (χ4v) is 3.32. The summed E-state index contributed by atoms with van der Waals surface area (Å²) in [5, 5.41) is 19.1. The van der Waals surface area contributed by atoms with Gasteiger partial charge in [0.1, 0.15) is 35.8 Å². The molecule has 0 aromatic heterocycles. The molecule has 0 aliphatic rings. The minimum atomic E-state index is -0.521. The Hall–Kier alpha value is -4.58. The number of rotatable bonds is 7. The van der Waals surface area contributed by atoms with Gasteiger partial charge >= 0.3 is 11.9 Å². The summed E-state index contributed by atoms with van der Waals surface area (Å²) < 4.78 is 10.3. The summed E-state index contributed by atoms with van der Waals surface area (Å²) in [6, 6.07) is 30.1. The van der Waals surface area contributed by atoms with E-state index in [-0.39, 0.29) is 35.8 Å². The van der Waals surface area contributed by atoms with Gasteiger partial charge in [-0.15, -0.1) is 0 Å². The maximum atomic E-state index is 11.8. The number of aromatic hydroxyl groups is 2. The van der Waals surface area contributed by atoms with Gasteiger partial charge < -0.3 is 19.7 Å². The van der Waals surface area contributed by atoms with E-state index in [2.05, 4.69) is 13.8 Å². The van der Waals surface area contributed by atoms with Crippen molar-refractivity contribution >= 4 is 11.9 Å². The van der Waals surface area contributed by atoms with E-state index >= 15 is 0 Å². The fourth-order valence-electron chi connectivity index (χ4n) is 3.32. The molecule has 0 fully saturated rings. The zero-order chi connectivity index (χ0) is 26.6. The molecule has 4 rings (SSSR count). The number of carbonyl (C=O) groups is 2. The van der Waals surface area contributed by atoms with E-state index in [9.17, 15) is 19.8 Å². The Labute approximate surface area is 216 Å². The topological polar surface area (TPSA) is 93.1 Å². The molecule has 0 bridgehead atoms. The summed E-state index contributed by atoms with van der Waals surface area (Å²) >= 11 is 0. The van der Waals surface area contributed by atoms with Gasteiger partial charge in [-0.1, -0.05) is 92.7 Å². The van der Waals surface area contributed by atoms with Crippen molar-refractivity contribution in [2.45, 2.75) is 33.0 Å². The van der Waals surface area contributed by atoms with E-state index in [1.165, 1.54) is 23.8 Å². The Morgan fingerprint density at radius 3 is 1.43 bits per heavy atom. The molecule has 0 saturated carbocycles. The molecule has 0 amide bonds. The summed E-state index contributed by atoms with van der Waals surface area (Å²) in [6.07, 6.45) is 0. The molecular weight excluding hydrogens is 468 g/mol. The van der Waals surface area contributed by atoms with E-state index < -0.39 is 11.9 Å². The Kier molecular flexibility index (Phi) is 9.85. The Morgan fingerprint density at radius 2 is 1.00 bits per heavy atom. The smallest absolute Gasteiger partial charge is 0.342 e. The van der Waals surface area contributed by atoms with E-state index in [0.717, 1.165) is 11.1 Å². The monoisotopic (exact) mass is 498 g/mol. The summed E-state index contributed by atoms with van der Waals surface area (Å²) in [6.45, 7) is 4.67. The van der Waals surface area contributed by atoms with Gasteiger partial charge in [0.05, 0.1) is 0 Å². The number of carbonyl (C=O) groups excluding carboxylic acids is 2. The van der Waals surface area contributed by atoms with Crippen LogP contribution in [0.5, 0.6) is 11.5 Å². The quantitative estimate of drug-likeness (QED) is 0.278. The van der Waals surface area contributed by atoms with Crippen molar-refractivity contribution in [3.63, 3.8) is 0 Å². The molecule has 2 N–H and O–H groups in total. The highest BCUT2D eigenvalue weighted by Gasteiger charge is 2.12. The molecule has 190 valence electrons. The summed E-state index contributed by atoms with van der Waals surface area (Å²) in [4.78, 5) is 23.5. The van der Waals surface area contributed by atoms with Gasteiger partial charge in [-0.05, 0) is 46.9 Å². The number of hydrogen-bond acceptors (Lipinski definition) is 6. The molecule has 0 aliphatic carbocycles. The number of phenolic OH excluding ortho intramolecular Hbond substituents is 2. The normalized spacial score (nSPS) is 10.2. The van der Waals surface area contributed by atoms with E-state index in [1.807, 2.05) is 54.6 Å². The lowest BCUT2D eigenvalue weighted by atomic mass is 10.0. The zero-order valence-corrected chi connectivity index (χ0v) is 20.8. The second-order valence-electron chi connectivity index (χ2n) is 8.57. The first-order valence-electron chi connectivity index (χ1n) is 11.9. The molecule has 6 nitrogen and oxygen atoms in total. The Balaban J connectivity index is 0.000000208. The first-order chi connectivity index (χ1) is 17.8. The largest absolute Gasteiger partial charge is 0.507 e. The second kappa shape index (κ2) is 13.5. The van der Waals surface area contributed by atoms with E-state index in [4.69, 9.17) is 9.47 Å². The van der Waals surface area contributed by atoms with Gasteiger partial charge in [-0.2, -0.15) is 0 Å². The van der Waals surface area contributed by atoms with Crippen LogP contribution in [0.25, 0.3) is 0 Å². The van der Waals surface area contributed by atoms with Crippen LogP contribution in [0, 0.1) is 0 Å². The van der Waals surface area contributed by atoms with Gasteiger partial charge in [-0.25, -0.2) is 9.59 Å². The van der Waals surface area contributed by atoms with Crippen LogP contribution >= 0.6 is 0 Å². The van der Waals surface area contributed by atoms with Gasteiger partial charge in [0, 0.05) is 0 Å². The summed E-state index contributed by atoms with van der Waals surface area (Å²) in [5.74, 6) is -0.686. The molecule has 4 aromatic rings. The molecule has 0 unspecified atom stereocenters. The predicted octanol–water partition coefficient (Wildman–Crippen LogP) is 6.62. The number of ether oxygens (including phenoxy) is 2. The molecule has 0 saturated heterocycles. The molecule has 0 aliphatic heterocycles. The maximum absolute atomic E-state index is 11.8. The van der Waals surface area contributed by atoms with Crippen molar-refractivity contribution in [2.24, 2.45) is 0 Å². The number of para-hydroxylation sites is 2. The molecule has 0 heterocycles. The number of phenols is 2. The van der Waals surface area contributed by atoms with Gasteiger partial charge in [-0.3, -0.25) is 0 Å². The van der Waals surface area contributed by atoms with E-state index in [1.54, 1.807) is 30.3 Å². The summed E-state index contributed by atoms with van der Waals surface area (Å²) in [5.41, 5.74) is 3.46. The second-order valence-corrected chi connectivity index (χ2v) is 8.57. The van der Waals surface area contributed by atoms with Crippen LogP contribution < -0.4 is 0 Å². The molecule has 0 radical (unpaired) electrons. The van der Waals surface area contributed by atoms with Crippen LogP contribution in [0.2, 0.25) is 0 Å². The fraction of sp³-hybridized carbons (Fsp3) is 0.161. The number of hydrogen-bond donors (Lipinski definition) is 2. The number of benzene rings is 4. The minimum Gasteiger partial charge on any atom is -0.507 e. The van der Waals surface area contributed by atoms with E-state index in [0.29, 0.717) is 5.92 Å². The predicted molar refractivity (Wildman–Crippen MR) is 141 cm³/mol. The summed E-state index contributed by atoms with van der Waals surface area (Å²) in [7, 11) is 0. The first kappa shape index (κ1) is 27.0. The maximum Gasteiger partial charge on any atom is 0.342 e.